The highest BCUT2D eigenvalue weighted by atomic mass is 35.5. The Morgan fingerprint density at radius 3 is 2.74 bits per heavy atom. The van der Waals surface area contributed by atoms with Crippen LogP contribution in [0.15, 0.2) is 53.5 Å². The van der Waals surface area contributed by atoms with Crippen molar-refractivity contribution >= 4 is 35.6 Å². The molecule has 1 unspecified atom stereocenters. The van der Waals surface area contributed by atoms with Gasteiger partial charge in [-0.25, -0.2) is 9.98 Å². The van der Waals surface area contributed by atoms with Crippen LogP contribution in [0.2, 0.25) is 5.02 Å². The summed E-state index contributed by atoms with van der Waals surface area (Å²) in [6.07, 6.45) is 8.81. The molecule has 1 heterocycles. The standard InChI is InChI=1S/C31H31ClN4O2/c1-3-4-5-30-35-28-13-11-26(34-31(38)16-21(2)14-15-37)18-29(28)36(30)20-22-6-8-23(9-7-22)27-12-10-25(32)17-24(27)19-33/h6-13,15,17,21H,3-5,14,16,18,20H2,1-2H3. The molecule has 1 aliphatic carbocycles. The molecule has 0 saturated heterocycles. The maximum Gasteiger partial charge on any atom is 0.246 e. The number of unbranched alkanes of at least 4 members (excludes halogenated alkanes) is 1. The number of carbonyl (C=O) groups is 2. The number of benzene rings is 2. The van der Waals surface area contributed by atoms with Gasteiger partial charge in [-0.1, -0.05) is 62.2 Å². The lowest BCUT2D eigenvalue weighted by molar-refractivity contribution is -0.118. The van der Waals surface area contributed by atoms with Gasteiger partial charge in [0.2, 0.25) is 5.91 Å². The number of halogens is 1. The number of rotatable bonds is 10. The van der Waals surface area contributed by atoms with Gasteiger partial charge in [0.15, 0.2) is 0 Å². The minimum absolute atomic E-state index is 0.0151. The molecule has 0 radical (unpaired) electrons. The number of aldehydes is 1. The van der Waals surface area contributed by atoms with Crippen molar-refractivity contribution in [2.45, 2.75) is 58.9 Å². The fourth-order valence-electron chi connectivity index (χ4n) is 4.66. The van der Waals surface area contributed by atoms with E-state index >= 15 is 0 Å². The Labute approximate surface area is 228 Å². The molecule has 1 aromatic heterocycles. The van der Waals surface area contributed by atoms with Crippen LogP contribution in [0.3, 0.4) is 0 Å². The number of amides is 1. The predicted octanol–water partition coefficient (Wildman–Crippen LogP) is 6.62. The van der Waals surface area contributed by atoms with Crippen molar-refractivity contribution in [2.24, 2.45) is 10.9 Å². The minimum atomic E-state index is -0.200. The average molecular weight is 527 g/mol. The second-order valence-corrected chi connectivity index (χ2v) is 10.2. The SMILES string of the molecule is CCCCc1nc2c(n1Cc1ccc(-c3ccc(Cl)cc3C#N)cc1)CC(=NC(=O)CC(C)CC=O)C=C2. The van der Waals surface area contributed by atoms with E-state index in [0.29, 0.717) is 35.7 Å². The van der Waals surface area contributed by atoms with Crippen molar-refractivity contribution in [3.05, 3.63) is 81.9 Å². The molecule has 0 N–H and O–H groups in total. The number of aliphatic imine (C=N–C) groups is 1. The molecule has 4 rings (SSSR count). The summed E-state index contributed by atoms with van der Waals surface area (Å²) in [7, 11) is 0. The fraction of sp³-hybridized carbons (Fsp3) is 0.323. The van der Waals surface area contributed by atoms with Gasteiger partial charge in [0.25, 0.3) is 0 Å². The number of aryl methyl sites for hydroxylation is 1. The third-order valence-electron chi connectivity index (χ3n) is 6.72. The Balaban J connectivity index is 1.59. The van der Waals surface area contributed by atoms with E-state index in [1.165, 1.54) is 0 Å². The van der Waals surface area contributed by atoms with Crippen LogP contribution in [0.4, 0.5) is 0 Å². The fourth-order valence-corrected chi connectivity index (χ4v) is 4.83. The number of fused-ring (bicyclic) bond motifs is 1. The molecule has 3 aromatic rings. The first-order valence-corrected chi connectivity index (χ1v) is 13.4. The van der Waals surface area contributed by atoms with Crippen molar-refractivity contribution in [1.29, 1.82) is 5.26 Å². The molecule has 0 aliphatic heterocycles. The van der Waals surface area contributed by atoms with Crippen LogP contribution >= 0.6 is 11.6 Å². The van der Waals surface area contributed by atoms with Gasteiger partial charge in [0.05, 0.1) is 28.7 Å². The summed E-state index contributed by atoms with van der Waals surface area (Å²) in [5, 5.41) is 10.1. The summed E-state index contributed by atoms with van der Waals surface area (Å²) in [6, 6.07) is 15.8. The molecule has 1 aliphatic rings. The predicted molar refractivity (Wildman–Crippen MR) is 151 cm³/mol. The molecule has 0 bridgehead atoms. The summed E-state index contributed by atoms with van der Waals surface area (Å²) in [4.78, 5) is 32.5. The molecule has 2 aromatic carbocycles. The highest BCUT2D eigenvalue weighted by molar-refractivity contribution is 6.30. The number of aromatic nitrogens is 2. The molecule has 6 nitrogen and oxygen atoms in total. The van der Waals surface area contributed by atoms with Gasteiger partial charge in [-0.2, -0.15) is 5.26 Å². The lowest BCUT2D eigenvalue weighted by Crippen LogP contribution is -2.15. The molecule has 1 atom stereocenters. The van der Waals surface area contributed by atoms with Crippen LogP contribution < -0.4 is 0 Å². The minimum Gasteiger partial charge on any atom is -0.327 e. The number of imidazole rings is 1. The van der Waals surface area contributed by atoms with Crippen molar-refractivity contribution < 1.29 is 9.59 Å². The lowest BCUT2D eigenvalue weighted by Gasteiger charge is -2.15. The van der Waals surface area contributed by atoms with Gasteiger partial charge in [-0.15, -0.1) is 0 Å². The van der Waals surface area contributed by atoms with Gasteiger partial charge < -0.3 is 9.36 Å². The maximum atomic E-state index is 12.5. The van der Waals surface area contributed by atoms with Crippen molar-refractivity contribution in [2.75, 3.05) is 0 Å². The first kappa shape index (κ1) is 27.2. The van der Waals surface area contributed by atoms with Crippen LogP contribution in [0.25, 0.3) is 17.2 Å². The third kappa shape index (κ3) is 6.54. The third-order valence-corrected chi connectivity index (χ3v) is 6.95. The van der Waals surface area contributed by atoms with Crippen LogP contribution in [-0.4, -0.2) is 27.5 Å². The topological polar surface area (TPSA) is 88.1 Å². The van der Waals surface area contributed by atoms with E-state index in [0.717, 1.165) is 59.5 Å². The Hall–Kier alpha value is -3.82. The largest absolute Gasteiger partial charge is 0.327 e. The summed E-state index contributed by atoms with van der Waals surface area (Å²) < 4.78 is 2.25. The van der Waals surface area contributed by atoms with Crippen molar-refractivity contribution in [1.82, 2.24) is 9.55 Å². The molecular formula is C31H31ClN4O2. The average Bonchev–Trinajstić information content (AvgIpc) is 3.24. The van der Waals surface area contributed by atoms with Gasteiger partial charge in [-0.3, -0.25) is 4.79 Å². The summed E-state index contributed by atoms with van der Waals surface area (Å²) in [5.74, 6) is 0.815. The second-order valence-electron chi connectivity index (χ2n) is 9.77. The van der Waals surface area contributed by atoms with Crippen molar-refractivity contribution in [3.8, 4) is 17.2 Å². The van der Waals surface area contributed by atoms with Gasteiger partial charge in [0.1, 0.15) is 12.1 Å². The number of nitrogens with zero attached hydrogens (tertiary/aromatic N) is 4. The van der Waals surface area contributed by atoms with Gasteiger partial charge in [-0.05, 0) is 53.3 Å². The quantitative estimate of drug-likeness (QED) is 0.278. The van der Waals surface area contributed by atoms with Crippen LogP contribution in [0, 0.1) is 17.2 Å². The summed E-state index contributed by atoms with van der Waals surface area (Å²) in [6.45, 7) is 4.70. The zero-order valence-electron chi connectivity index (χ0n) is 21.8. The van der Waals surface area contributed by atoms with E-state index < -0.39 is 0 Å². The smallest absolute Gasteiger partial charge is 0.246 e. The summed E-state index contributed by atoms with van der Waals surface area (Å²) in [5.41, 5.74) is 6.17. The Kier molecular flexibility index (Phi) is 9.04. The molecule has 194 valence electrons. The molecule has 38 heavy (non-hydrogen) atoms. The molecule has 1 amide bonds. The first-order valence-electron chi connectivity index (χ1n) is 13.0. The monoisotopic (exact) mass is 526 g/mol. The zero-order valence-corrected chi connectivity index (χ0v) is 22.5. The highest BCUT2D eigenvalue weighted by Crippen LogP contribution is 2.28. The molecule has 7 heteroatoms. The van der Waals surface area contributed by atoms with E-state index in [-0.39, 0.29) is 18.2 Å². The number of hydrogen-bond acceptors (Lipinski definition) is 4. The number of nitriles is 1. The second kappa shape index (κ2) is 12.6. The molecular weight excluding hydrogens is 496 g/mol. The normalized spacial score (nSPS) is 14.2. The van der Waals surface area contributed by atoms with E-state index in [1.54, 1.807) is 12.1 Å². The zero-order chi connectivity index (χ0) is 27.1. The van der Waals surface area contributed by atoms with Crippen molar-refractivity contribution in [3.63, 3.8) is 0 Å². The highest BCUT2D eigenvalue weighted by Gasteiger charge is 2.21. The van der Waals surface area contributed by atoms with Crippen LogP contribution in [0.1, 0.15) is 67.9 Å². The summed E-state index contributed by atoms with van der Waals surface area (Å²) >= 11 is 6.07. The van der Waals surface area contributed by atoms with Gasteiger partial charge in [0, 0.05) is 37.3 Å². The lowest BCUT2D eigenvalue weighted by atomic mass is 9.99. The van der Waals surface area contributed by atoms with E-state index in [4.69, 9.17) is 16.6 Å². The van der Waals surface area contributed by atoms with E-state index in [9.17, 15) is 14.9 Å². The number of hydrogen-bond donors (Lipinski definition) is 0. The molecule has 0 saturated carbocycles. The van der Waals surface area contributed by atoms with Crippen LogP contribution in [-0.2, 0) is 29.0 Å². The first-order chi connectivity index (χ1) is 18.4. The van der Waals surface area contributed by atoms with Gasteiger partial charge >= 0.3 is 0 Å². The molecule has 0 spiro atoms. The van der Waals surface area contributed by atoms with Crippen LogP contribution in [0.5, 0.6) is 0 Å². The maximum absolute atomic E-state index is 12.5. The Morgan fingerprint density at radius 1 is 1.24 bits per heavy atom. The molecule has 0 fully saturated rings. The van der Waals surface area contributed by atoms with E-state index in [2.05, 4.69) is 34.7 Å². The number of carbonyl (C=O) groups excluding carboxylic acids is 2. The Bertz CT molecular complexity index is 1430. The van der Waals surface area contributed by atoms with E-state index in [1.807, 2.05) is 37.3 Å². The number of allylic oxidation sites excluding steroid dienone is 1. The Morgan fingerprint density at radius 2 is 2.03 bits per heavy atom.